The third kappa shape index (κ3) is 3.91. The molecule has 162 valence electrons. The zero-order valence-corrected chi connectivity index (χ0v) is 17.9. The van der Waals surface area contributed by atoms with Gasteiger partial charge in [0.1, 0.15) is 5.82 Å². The first-order valence-electron chi connectivity index (χ1n) is 11.0. The van der Waals surface area contributed by atoms with Crippen molar-refractivity contribution in [3.05, 3.63) is 95.3 Å². The number of amides is 2. The predicted octanol–water partition coefficient (Wildman–Crippen LogP) is 4.69. The fraction of sp³-hybridized carbons (Fsp3) is 0.259. The van der Waals surface area contributed by atoms with E-state index in [4.69, 9.17) is 0 Å². The van der Waals surface area contributed by atoms with Gasteiger partial charge in [0.2, 0.25) is 0 Å². The molecule has 5 rings (SSSR count). The first-order chi connectivity index (χ1) is 15.5. The van der Waals surface area contributed by atoms with E-state index in [0.29, 0.717) is 41.6 Å². The molecule has 2 aliphatic rings. The van der Waals surface area contributed by atoms with Crippen molar-refractivity contribution < 1.29 is 14.0 Å². The Balaban J connectivity index is 1.39. The molecule has 0 aromatic heterocycles. The Hall–Kier alpha value is -3.47. The lowest BCUT2D eigenvalue weighted by Gasteiger charge is -2.29. The van der Waals surface area contributed by atoms with Crippen LogP contribution in [0.5, 0.6) is 0 Å². The number of aryl methyl sites for hydroxylation is 1. The summed E-state index contributed by atoms with van der Waals surface area (Å²) in [7, 11) is 0. The van der Waals surface area contributed by atoms with E-state index in [1.54, 1.807) is 18.2 Å². The van der Waals surface area contributed by atoms with Crippen molar-refractivity contribution in [3.8, 4) is 11.1 Å². The van der Waals surface area contributed by atoms with Crippen LogP contribution in [-0.4, -0.2) is 35.8 Å². The van der Waals surface area contributed by atoms with Crippen LogP contribution in [0.1, 0.15) is 32.7 Å². The molecule has 1 N–H and O–H groups in total. The first-order valence-corrected chi connectivity index (χ1v) is 11.0. The molecule has 1 aliphatic heterocycles. The van der Waals surface area contributed by atoms with Crippen molar-refractivity contribution in [2.45, 2.75) is 19.4 Å². The topological polar surface area (TPSA) is 49.4 Å². The van der Waals surface area contributed by atoms with Gasteiger partial charge in [-0.15, -0.1) is 0 Å². The summed E-state index contributed by atoms with van der Waals surface area (Å²) in [6.07, 6.45) is 1.10. The van der Waals surface area contributed by atoms with Crippen LogP contribution in [0.2, 0.25) is 0 Å². The van der Waals surface area contributed by atoms with Gasteiger partial charge in [-0.25, -0.2) is 4.39 Å². The molecule has 2 fully saturated rings. The van der Waals surface area contributed by atoms with Crippen molar-refractivity contribution in [3.63, 3.8) is 0 Å². The number of halogens is 1. The molecule has 3 aromatic carbocycles. The highest BCUT2D eigenvalue weighted by Gasteiger charge is 2.54. The van der Waals surface area contributed by atoms with Gasteiger partial charge in [-0.05, 0) is 66.6 Å². The molecule has 4 nitrogen and oxygen atoms in total. The Morgan fingerprint density at radius 2 is 1.84 bits per heavy atom. The molecule has 0 spiro atoms. The zero-order chi connectivity index (χ0) is 22.2. The van der Waals surface area contributed by atoms with Crippen molar-refractivity contribution in [2.75, 3.05) is 13.1 Å². The van der Waals surface area contributed by atoms with E-state index in [-0.39, 0.29) is 23.7 Å². The van der Waals surface area contributed by atoms with E-state index in [0.717, 1.165) is 17.5 Å². The minimum atomic E-state index is -0.327. The van der Waals surface area contributed by atoms with Crippen LogP contribution < -0.4 is 5.32 Å². The monoisotopic (exact) mass is 428 g/mol. The van der Waals surface area contributed by atoms with E-state index in [1.807, 2.05) is 54.3 Å². The highest BCUT2D eigenvalue weighted by Crippen LogP contribution is 2.50. The fourth-order valence-corrected chi connectivity index (χ4v) is 4.85. The number of benzene rings is 3. The van der Waals surface area contributed by atoms with Crippen molar-refractivity contribution >= 4 is 11.8 Å². The Bertz CT molecular complexity index is 1180. The minimum Gasteiger partial charge on any atom is -0.350 e. The second-order valence-corrected chi connectivity index (χ2v) is 8.82. The second-order valence-electron chi connectivity index (χ2n) is 8.82. The molecule has 1 saturated heterocycles. The van der Waals surface area contributed by atoms with Crippen molar-refractivity contribution in [2.24, 2.45) is 11.8 Å². The third-order valence-electron chi connectivity index (χ3n) is 6.61. The molecule has 0 radical (unpaired) electrons. The number of hydrogen-bond donors (Lipinski definition) is 1. The highest BCUT2D eigenvalue weighted by molar-refractivity contribution is 6.01. The normalized spacial score (nSPS) is 21.2. The lowest BCUT2D eigenvalue weighted by atomic mass is 9.96. The summed E-state index contributed by atoms with van der Waals surface area (Å²) in [5.41, 5.74) is 3.62. The van der Waals surface area contributed by atoms with Crippen LogP contribution >= 0.6 is 0 Å². The van der Waals surface area contributed by atoms with Crippen LogP contribution in [0, 0.1) is 24.6 Å². The first kappa shape index (κ1) is 20.4. The van der Waals surface area contributed by atoms with Crippen LogP contribution in [0.3, 0.4) is 0 Å². The Labute approximate surface area is 187 Å². The second kappa shape index (κ2) is 8.23. The standard InChI is InChI=1S/C27H25FN2O2/c1-17-10-11-22(23(12-17)19-8-5-9-21(28)13-19)27(32)30-16-20-14-24(20)25(30)15-29-26(31)18-6-3-2-4-7-18/h2-13,20,24-25H,14-16H2,1H3,(H,29,31)/t20-,24-,25-/m1/s1. The molecule has 5 heteroatoms. The predicted molar refractivity (Wildman–Crippen MR) is 122 cm³/mol. The molecule has 32 heavy (non-hydrogen) atoms. The summed E-state index contributed by atoms with van der Waals surface area (Å²) < 4.78 is 13.9. The van der Waals surface area contributed by atoms with Crippen molar-refractivity contribution in [1.29, 1.82) is 0 Å². The molecule has 0 unspecified atom stereocenters. The lowest BCUT2D eigenvalue weighted by Crippen LogP contribution is -2.45. The number of hydrogen-bond acceptors (Lipinski definition) is 2. The maximum Gasteiger partial charge on any atom is 0.254 e. The summed E-state index contributed by atoms with van der Waals surface area (Å²) >= 11 is 0. The smallest absolute Gasteiger partial charge is 0.254 e. The van der Waals surface area contributed by atoms with Gasteiger partial charge < -0.3 is 10.2 Å². The minimum absolute atomic E-state index is 0.0261. The van der Waals surface area contributed by atoms with Gasteiger partial charge in [-0.1, -0.05) is 48.0 Å². The number of carbonyl (C=O) groups excluding carboxylic acids is 2. The third-order valence-corrected chi connectivity index (χ3v) is 6.61. The summed E-state index contributed by atoms with van der Waals surface area (Å²) in [5.74, 6) is 0.415. The van der Waals surface area contributed by atoms with Gasteiger partial charge in [0.25, 0.3) is 11.8 Å². The van der Waals surface area contributed by atoms with E-state index in [9.17, 15) is 14.0 Å². The van der Waals surface area contributed by atoms with Gasteiger partial charge in [-0.3, -0.25) is 9.59 Å². The molecule has 1 aliphatic carbocycles. The van der Waals surface area contributed by atoms with Gasteiger partial charge in [0, 0.05) is 24.2 Å². The molecule has 3 atom stereocenters. The van der Waals surface area contributed by atoms with E-state index >= 15 is 0 Å². The summed E-state index contributed by atoms with van der Waals surface area (Å²) in [6, 6.07) is 21.1. The SMILES string of the molecule is Cc1ccc(C(=O)N2C[C@H]3C[C@H]3[C@H]2CNC(=O)c2ccccc2)c(-c2cccc(F)c2)c1. The Morgan fingerprint density at radius 1 is 1.03 bits per heavy atom. The average Bonchev–Trinajstić information content (AvgIpc) is 3.49. The largest absolute Gasteiger partial charge is 0.350 e. The highest BCUT2D eigenvalue weighted by atomic mass is 19.1. The van der Waals surface area contributed by atoms with E-state index in [1.165, 1.54) is 12.1 Å². The molecule has 0 bridgehead atoms. The number of piperidine rings is 1. The van der Waals surface area contributed by atoms with Gasteiger partial charge in [-0.2, -0.15) is 0 Å². The number of fused-ring (bicyclic) bond motifs is 1. The van der Waals surface area contributed by atoms with Gasteiger partial charge in [0.15, 0.2) is 0 Å². The number of nitrogens with zero attached hydrogens (tertiary/aromatic N) is 1. The van der Waals surface area contributed by atoms with E-state index < -0.39 is 0 Å². The molecule has 1 saturated carbocycles. The van der Waals surface area contributed by atoms with Crippen molar-refractivity contribution in [1.82, 2.24) is 10.2 Å². The fourth-order valence-electron chi connectivity index (χ4n) is 4.85. The summed E-state index contributed by atoms with van der Waals surface area (Å²) in [4.78, 5) is 28.1. The molecule has 2 amide bonds. The van der Waals surface area contributed by atoms with Gasteiger partial charge in [0.05, 0.1) is 6.04 Å². The number of nitrogens with one attached hydrogen (secondary N) is 1. The molecule has 3 aromatic rings. The molecular weight excluding hydrogens is 403 g/mol. The number of carbonyl (C=O) groups is 2. The molecule has 1 heterocycles. The maximum atomic E-state index is 13.9. The van der Waals surface area contributed by atoms with Crippen LogP contribution in [0.15, 0.2) is 72.8 Å². The van der Waals surface area contributed by atoms with Crippen LogP contribution in [-0.2, 0) is 0 Å². The number of rotatable bonds is 5. The summed E-state index contributed by atoms with van der Waals surface area (Å²) in [5, 5.41) is 3.01. The summed E-state index contributed by atoms with van der Waals surface area (Å²) in [6.45, 7) is 3.09. The quantitative estimate of drug-likeness (QED) is 0.641. The lowest BCUT2D eigenvalue weighted by molar-refractivity contribution is 0.0695. The van der Waals surface area contributed by atoms with Gasteiger partial charge >= 0.3 is 0 Å². The molecular formula is C27H25FN2O2. The Kier molecular flexibility index (Phi) is 5.25. The van der Waals surface area contributed by atoms with E-state index in [2.05, 4.69) is 5.32 Å². The Morgan fingerprint density at radius 3 is 2.62 bits per heavy atom. The van der Waals surface area contributed by atoms with Crippen LogP contribution in [0.4, 0.5) is 4.39 Å². The maximum absolute atomic E-state index is 13.9. The average molecular weight is 429 g/mol. The zero-order valence-electron chi connectivity index (χ0n) is 17.9. The number of likely N-dealkylation sites (tertiary alicyclic amines) is 1. The van der Waals surface area contributed by atoms with Crippen LogP contribution in [0.25, 0.3) is 11.1 Å².